The summed E-state index contributed by atoms with van der Waals surface area (Å²) in [6, 6.07) is -0.641. The van der Waals surface area contributed by atoms with Crippen molar-refractivity contribution in [3.05, 3.63) is 0 Å². The zero-order valence-electron chi connectivity index (χ0n) is 4.83. The van der Waals surface area contributed by atoms with E-state index in [-0.39, 0.29) is 0 Å². The first-order chi connectivity index (χ1) is 4.18. The van der Waals surface area contributed by atoms with Crippen LogP contribution in [0.5, 0.6) is 0 Å². The molecule has 2 amide bonds. The van der Waals surface area contributed by atoms with Crippen LogP contribution in [-0.4, -0.2) is 12.2 Å². The number of hydrogen-bond donors (Lipinski definition) is 1. The molecule has 0 unspecified atom stereocenters. The van der Waals surface area contributed by atoms with Crippen molar-refractivity contribution in [3.63, 3.8) is 0 Å². The number of carbonyl (C=O) groups excluding carboxylic acids is 1. The van der Waals surface area contributed by atoms with Crippen molar-refractivity contribution < 1.29 is 30.5 Å². The molecule has 0 spiro atoms. The van der Waals surface area contributed by atoms with Crippen molar-refractivity contribution in [1.82, 2.24) is 0 Å². The minimum atomic E-state index is -2.00. The second-order valence-electron chi connectivity index (χ2n) is 0.809. The van der Waals surface area contributed by atoms with E-state index in [9.17, 15) is 4.79 Å². The normalized spacial score (nSPS) is 7.22. The van der Waals surface area contributed by atoms with Gasteiger partial charge in [-0.05, 0) is 6.92 Å². The van der Waals surface area contributed by atoms with Gasteiger partial charge in [0.1, 0.15) is 0 Å². The number of aliphatic imine (C=N–C) groups is 1. The molecule has 0 aromatic heterocycles. The van der Waals surface area contributed by atoms with Crippen molar-refractivity contribution in [2.24, 2.45) is 10.7 Å². The first-order valence-electron chi connectivity index (χ1n) is 1.96. The fourth-order valence-corrected chi connectivity index (χ4v) is 0.127. The standard InChI is InChI=1S/C3H6N2O.2O.Ti/c1-2-5-3(4)6;;;/h2H,1H3,(H2,4,6);;;. The Bertz CT molecular complexity index is 138. The van der Waals surface area contributed by atoms with E-state index in [1.54, 1.807) is 6.92 Å². The van der Waals surface area contributed by atoms with Gasteiger partial charge in [0, 0.05) is 6.21 Å². The molecule has 0 saturated carbocycles. The summed E-state index contributed by atoms with van der Waals surface area (Å²) in [5.74, 6) is 0. The van der Waals surface area contributed by atoms with Crippen molar-refractivity contribution in [2.75, 3.05) is 0 Å². The average Bonchev–Trinajstić information content (AvgIpc) is 1.67. The monoisotopic (exact) mass is 166 g/mol. The van der Waals surface area contributed by atoms with Crippen LogP contribution in [0, 0.1) is 0 Å². The third kappa shape index (κ3) is 36.8. The van der Waals surface area contributed by atoms with E-state index in [1.807, 2.05) is 0 Å². The first kappa shape index (κ1) is 11.3. The summed E-state index contributed by atoms with van der Waals surface area (Å²) in [5.41, 5.74) is 4.57. The number of hydrogen-bond acceptors (Lipinski definition) is 3. The number of nitrogens with two attached hydrogens (primary N) is 1. The molecule has 0 bridgehead atoms. The molecule has 0 saturated heterocycles. The van der Waals surface area contributed by atoms with Crippen molar-refractivity contribution in [2.45, 2.75) is 6.92 Å². The molecule has 2 N–H and O–H groups in total. The van der Waals surface area contributed by atoms with Crippen LogP contribution in [0.15, 0.2) is 4.99 Å². The summed E-state index contributed by atoms with van der Waals surface area (Å²) in [6.45, 7) is 1.63. The van der Waals surface area contributed by atoms with Crippen LogP contribution in [0.4, 0.5) is 4.79 Å². The fraction of sp³-hybridized carbons (Fsp3) is 0.333. The Balaban J connectivity index is 0. The van der Waals surface area contributed by atoms with Crippen molar-refractivity contribution in [3.8, 4) is 0 Å². The number of primary amides is 1. The van der Waals surface area contributed by atoms with Crippen LogP contribution >= 0.6 is 0 Å². The minimum absolute atomic E-state index is 0.641. The third-order valence-corrected chi connectivity index (χ3v) is 0.256. The molecule has 0 atom stereocenters. The SMILES string of the molecule is CC=NC(N)=O.[O]=[Ti]=[O]. The number of carbonyl (C=O) groups is 1. The number of rotatable bonds is 0. The molecule has 0 aromatic rings. The summed E-state index contributed by atoms with van der Waals surface area (Å²) in [4.78, 5) is 12.8. The Morgan fingerprint density at radius 1 is 1.67 bits per heavy atom. The predicted octanol–water partition coefficient (Wildman–Crippen LogP) is -0.0843. The Morgan fingerprint density at radius 3 is 2.00 bits per heavy atom. The van der Waals surface area contributed by atoms with Crippen LogP contribution in [0.2, 0.25) is 0 Å². The Labute approximate surface area is 60.9 Å². The molecule has 9 heavy (non-hydrogen) atoms. The third-order valence-electron chi connectivity index (χ3n) is 0.256. The van der Waals surface area contributed by atoms with Gasteiger partial charge in [0.2, 0.25) is 0 Å². The summed E-state index contributed by atoms with van der Waals surface area (Å²) < 4.78 is 17.0. The van der Waals surface area contributed by atoms with Gasteiger partial charge in [0.05, 0.1) is 0 Å². The quantitative estimate of drug-likeness (QED) is 0.402. The predicted molar refractivity (Wildman–Crippen MR) is 25.1 cm³/mol. The molecule has 0 fully saturated rings. The van der Waals surface area contributed by atoms with Gasteiger partial charge in [-0.3, -0.25) is 0 Å². The fourth-order valence-electron chi connectivity index (χ4n) is 0.127. The van der Waals surface area contributed by atoms with Gasteiger partial charge in [-0.2, -0.15) is 0 Å². The average molecular weight is 166 g/mol. The Morgan fingerprint density at radius 2 is 2.00 bits per heavy atom. The first-order valence-corrected chi connectivity index (χ1v) is 3.24. The van der Waals surface area contributed by atoms with Crippen LogP contribution < -0.4 is 5.73 Å². The maximum atomic E-state index is 9.62. The van der Waals surface area contributed by atoms with E-state index in [1.165, 1.54) is 6.21 Å². The molecule has 0 aliphatic carbocycles. The zero-order valence-corrected chi connectivity index (χ0v) is 6.39. The van der Waals surface area contributed by atoms with Crippen LogP contribution in [0.3, 0.4) is 0 Å². The van der Waals surface area contributed by atoms with E-state index in [4.69, 9.17) is 6.65 Å². The van der Waals surface area contributed by atoms with Gasteiger partial charge in [-0.15, -0.1) is 0 Å². The molecule has 0 aromatic carbocycles. The molecule has 0 aliphatic rings. The number of urea groups is 1. The molecular weight excluding hydrogens is 160 g/mol. The van der Waals surface area contributed by atoms with Gasteiger partial charge in [0.25, 0.3) is 0 Å². The molecule has 50 valence electrons. The molecule has 0 radical (unpaired) electrons. The molecule has 5 nitrogen and oxygen atoms in total. The molecular formula is C3H6N2O3Ti. The van der Waals surface area contributed by atoms with Crippen LogP contribution in [0.1, 0.15) is 6.92 Å². The maximum absolute atomic E-state index is 9.62. The van der Waals surface area contributed by atoms with E-state index >= 15 is 0 Å². The van der Waals surface area contributed by atoms with Gasteiger partial charge in [-0.25, -0.2) is 9.79 Å². The second-order valence-corrected chi connectivity index (χ2v) is 1.07. The summed E-state index contributed by atoms with van der Waals surface area (Å²) >= 11 is -2.00. The number of nitrogens with zero attached hydrogens (tertiary/aromatic N) is 1. The van der Waals surface area contributed by atoms with Crippen LogP contribution in [0.25, 0.3) is 0 Å². The van der Waals surface area contributed by atoms with Gasteiger partial charge >= 0.3 is 31.8 Å². The second kappa shape index (κ2) is 10.4. The number of amides is 2. The molecule has 0 heterocycles. The van der Waals surface area contributed by atoms with E-state index in [0.29, 0.717) is 0 Å². The molecule has 0 aliphatic heterocycles. The molecule has 0 rings (SSSR count). The summed E-state index contributed by atoms with van der Waals surface area (Å²) in [5, 5.41) is 0. The van der Waals surface area contributed by atoms with Gasteiger partial charge in [-0.1, -0.05) is 0 Å². The van der Waals surface area contributed by atoms with Crippen LogP contribution in [-0.2, 0) is 25.7 Å². The summed E-state index contributed by atoms with van der Waals surface area (Å²) in [6.07, 6.45) is 1.35. The van der Waals surface area contributed by atoms with Gasteiger partial charge in [0.15, 0.2) is 0 Å². The van der Waals surface area contributed by atoms with E-state index in [2.05, 4.69) is 10.7 Å². The molecule has 6 heteroatoms. The van der Waals surface area contributed by atoms with E-state index in [0.717, 1.165) is 0 Å². The topological polar surface area (TPSA) is 89.6 Å². The van der Waals surface area contributed by atoms with Crippen molar-refractivity contribution >= 4 is 12.2 Å². The Hall–Kier alpha value is -0.546. The van der Waals surface area contributed by atoms with E-state index < -0.39 is 25.1 Å². The summed E-state index contributed by atoms with van der Waals surface area (Å²) in [7, 11) is 0. The van der Waals surface area contributed by atoms with Crippen molar-refractivity contribution in [1.29, 1.82) is 0 Å². The Kier molecular flexibility index (Phi) is 13.1. The zero-order chi connectivity index (χ0) is 7.70. The van der Waals surface area contributed by atoms with Gasteiger partial charge < -0.3 is 5.73 Å².